The highest BCUT2D eigenvalue weighted by molar-refractivity contribution is 5.87. The van der Waals surface area contributed by atoms with Crippen LogP contribution in [0.4, 0.5) is 5.82 Å². The van der Waals surface area contributed by atoms with E-state index < -0.39 is 0 Å². The Kier molecular flexibility index (Phi) is 3.28. The van der Waals surface area contributed by atoms with E-state index in [1.165, 1.54) is 0 Å². The van der Waals surface area contributed by atoms with Crippen molar-refractivity contribution in [3.8, 4) is 0 Å². The number of anilines is 1. The molecule has 6 nitrogen and oxygen atoms in total. The third-order valence-corrected chi connectivity index (χ3v) is 3.16. The van der Waals surface area contributed by atoms with Crippen LogP contribution in [-0.2, 0) is 13.1 Å². The second-order valence-corrected chi connectivity index (χ2v) is 4.50. The molecule has 102 valence electrons. The highest BCUT2D eigenvalue weighted by Gasteiger charge is 2.12. The maximum Gasteiger partial charge on any atom is 0.156 e. The minimum Gasteiger partial charge on any atom is -0.363 e. The molecule has 0 amide bonds. The van der Waals surface area contributed by atoms with Crippen molar-refractivity contribution in [1.29, 1.82) is 0 Å². The molecule has 0 saturated carbocycles. The predicted molar refractivity (Wildman–Crippen MR) is 77.3 cm³/mol. The lowest BCUT2D eigenvalue weighted by molar-refractivity contribution is 0.675. The van der Waals surface area contributed by atoms with Gasteiger partial charge in [0.15, 0.2) is 5.82 Å². The summed E-state index contributed by atoms with van der Waals surface area (Å²) in [5.41, 5.74) is 3.73. The first kappa shape index (κ1) is 12.5. The van der Waals surface area contributed by atoms with Gasteiger partial charge in [-0.15, -0.1) is 0 Å². The van der Waals surface area contributed by atoms with E-state index in [1.54, 1.807) is 12.5 Å². The molecule has 1 N–H and O–H groups in total. The fourth-order valence-corrected chi connectivity index (χ4v) is 2.20. The van der Waals surface area contributed by atoms with Crippen molar-refractivity contribution in [1.82, 2.24) is 24.7 Å². The van der Waals surface area contributed by atoms with E-state index in [4.69, 9.17) is 0 Å². The molecule has 20 heavy (non-hydrogen) atoms. The maximum absolute atomic E-state index is 4.48. The fraction of sp³-hybridized carbons (Fsp3) is 0.286. The Hall–Kier alpha value is -2.50. The largest absolute Gasteiger partial charge is 0.363 e. The van der Waals surface area contributed by atoms with E-state index in [0.29, 0.717) is 6.54 Å². The van der Waals surface area contributed by atoms with Crippen molar-refractivity contribution in [2.75, 3.05) is 5.32 Å². The molecule has 0 aliphatic heterocycles. The van der Waals surface area contributed by atoms with Gasteiger partial charge in [0.05, 0.1) is 17.9 Å². The lowest BCUT2D eigenvalue weighted by Gasteiger charge is -2.07. The Morgan fingerprint density at radius 2 is 2.10 bits per heavy atom. The number of aryl methyl sites for hydroxylation is 2. The number of hydrogen-bond donors (Lipinski definition) is 1. The fourth-order valence-electron chi connectivity index (χ4n) is 2.20. The molecule has 3 aromatic heterocycles. The van der Waals surface area contributed by atoms with Crippen molar-refractivity contribution in [3.63, 3.8) is 0 Å². The summed E-state index contributed by atoms with van der Waals surface area (Å²) in [5, 5.41) is 7.80. The maximum atomic E-state index is 4.48. The lowest BCUT2D eigenvalue weighted by atomic mass is 10.3. The second kappa shape index (κ2) is 5.24. The Labute approximate surface area is 116 Å². The van der Waals surface area contributed by atoms with Crippen LogP contribution in [0.3, 0.4) is 0 Å². The average molecular weight is 268 g/mol. The van der Waals surface area contributed by atoms with Crippen molar-refractivity contribution >= 4 is 16.9 Å². The number of hydrogen-bond acceptors (Lipinski definition) is 5. The van der Waals surface area contributed by atoms with Gasteiger partial charge in [-0.05, 0) is 26.0 Å². The molecular formula is C14H16N6. The van der Waals surface area contributed by atoms with Crippen LogP contribution in [0.2, 0.25) is 0 Å². The Morgan fingerprint density at radius 3 is 2.85 bits per heavy atom. The summed E-state index contributed by atoms with van der Waals surface area (Å²) in [4.78, 5) is 12.9. The zero-order chi connectivity index (χ0) is 13.9. The van der Waals surface area contributed by atoms with E-state index in [-0.39, 0.29) is 0 Å². The number of nitrogens with zero attached hydrogens (tertiary/aromatic N) is 5. The summed E-state index contributed by atoms with van der Waals surface area (Å²) in [6.45, 7) is 5.43. The first-order valence-electron chi connectivity index (χ1n) is 6.61. The number of rotatable bonds is 4. The van der Waals surface area contributed by atoms with Crippen LogP contribution in [0, 0.1) is 6.92 Å². The molecule has 0 radical (unpaired) electrons. The molecule has 0 fully saturated rings. The molecule has 0 aromatic carbocycles. The SMILES string of the molecule is CCn1nc(C)c2ncnc(NCc3ccccn3)c21. The summed E-state index contributed by atoms with van der Waals surface area (Å²) >= 11 is 0. The van der Waals surface area contributed by atoms with Gasteiger partial charge >= 0.3 is 0 Å². The van der Waals surface area contributed by atoms with E-state index in [9.17, 15) is 0 Å². The summed E-state index contributed by atoms with van der Waals surface area (Å²) in [6, 6.07) is 5.86. The van der Waals surface area contributed by atoms with Gasteiger partial charge in [0.1, 0.15) is 17.4 Å². The van der Waals surface area contributed by atoms with Crippen molar-refractivity contribution < 1.29 is 0 Å². The second-order valence-electron chi connectivity index (χ2n) is 4.50. The minimum absolute atomic E-state index is 0.626. The Balaban J connectivity index is 1.95. The molecular weight excluding hydrogens is 252 g/mol. The highest BCUT2D eigenvalue weighted by Crippen LogP contribution is 2.22. The molecule has 3 rings (SSSR count). The first-order chi connectivity index (χ1) is 9.79. The Bertz CT molecular complexity index is 719. The molecule has 6 heteroatoms. The van der Waals surface area contributed by atoms with E-state index in [0.717, 1.165) is 34.8 Å². The summed E-state index contributed by atoms with van der Waals surface area (Å²) in [5.74, 6) is 0.795. The smallest absolute Gasteiger partial charge is 0.156 e. The van der Waals surface area contributed by atoms with Crippen LogP contribution in [0.15, 0.2) is 30.7 Å². The molecule has 0 unspecified atom stereocenters. The van der Waals surface area contributed by atoms with E-state index >= 15 is 0 Å². The zero-order valence-corrected chi connectivity index (χ0v) is 11.5. The minimum atomic E-state index is 0.626. The van der Waals surface area contributed by atoms with Crippen molar-refractivity contribution in [2.45, 2.75) is 26.9 Å². The third-order valence-electron chi connectivity index (χ3n) is 3.16. The molecule has 0 aliphatic carbocycles. The number of pyridine rings is 1. The zero-order valence-electron chi connectivity index (χ0n) is 11.5. The van der Waals surface area contributed by atoms with Crippen LogP contribution in [0.25, 0.3) is 11.0 Å². The van der Waals surface area contributed by atoms with Crippen molar-refractivity contribution in [2.24, 2.45) is 0 Å². The van der Waals surface area contributed by atoms with Crippen LogP contribution in [0.5, 0.6) is 0 Å². The van der Waals surface area contributed by atoms with Crippen LogP contribution >= 0.6 is 0 Å². The summed E-state index contributed by atoms with van der Waals surface area (Å²) < 4.78 is 1.92. The number of aromatic nitrogens is 5. The molecule has 0 spiro atoms. The summed E-state index contributed by atoms with van der Waals surface area (Å²) in [7, 11) is 0. The van der Waals surface area contributed by atoms with Crippen LogP contribution in [0.1, 0.15) is 18.3 Å². The van der Waals surface area contributed by atoms with Gasteiger partial charge in [-0.3, -0.25) is 9.67 Å². The average Bonchev–Trinajstić information content (AvgIpc) is 2.83. The number of nitrogens with one attached hydrogen (secondary N) is 1. The highest BCUT2D eigenvalue weighted by atomic mass is 15.3. The standard InChI is InChI=1S/C14H16N6/c1-3-20-13-12(10(2)19-20)17-9-18-14(13)16-8-11-6-4-5-7-15-11/h4-7,9H,3,8H2,1-2H3,(H,16,17,18). The van der Waals surface area contributed by atoms with Crippen LogP contribution < -0.4 is 5.32 Å². The normalized spacial score (nSPS) is 10.9. The third kappa shape index (κ3) is 2.20. The van der Waals surface area contributed by atoms with Gasteiger partial charge in [-0.25, -0.2) is 9.97 Å². The molecule has 0 aliphatic rings. The van der Waals surface area contributed by atoms with Gasteiger partial charge in [0, 0.05) is 12.7 Å². The first-order valence-corrected chi connectivity index (χ1v) is 6.61. The molecule has 0 saturated heterocycles. The molecule has 0 atom stereocenters. The van der Waals surface area contributed by atoms with E-state index in [2.05, 4.69) is 32.3 Å². The molecule has 3 heterocycles. The summed E-state index contributed by atoms with van der Waals surface area (Å²) in [6.07, 6.45) is 3.35. The van der Waals surface area contributed by atoms with Gasteiger partial charge in [0.25, 0.3) is 0 Å². The Morgan fingerprint density at radius 1 is 1.20 bits per heavy atom. The topological polar surface area (TPSA) is 68.5 Å². The van der Waals surface area contributed by atoms with Crippen molar-refractivity contribution in [3.05, 3.63) is 42.1 Å². The van der Waals surface area contributed by atoms with Gasteiger partial charge in [0.2, 0.25) is 0 Å². The van der Waals surface area contributed by atoms with Gasteiger partial charge in [-0.1, -0.05) is 6.07 Å². The predicted octanol–water partition coefficient (Wildman–Crippen LogP) is 2.16. The monoisotopic (exact) mass is 268 g/mol. The van der Waals surface area contributed by atoms with E-state index in [1.807, 2.05) is 29.8 Å². The number of fused-ring (bicyclic) bond motifs is 1. The van der Waals surface area contributed by atoms with Gasteiger partial charge < -0.3 is 5.32 Å². The quantitative estimate of drug-likeness (QED) is 0.785. The lowest BCUT2D eigenvalue weighted by Crippen LogP contribution is -2.06. The van der Waals surface area contributed by atoms with Crippen LogP contribution in [-0.4, -0.2) is 24.7 Å². The molecule has 3 aromatic rings. The molecule has 0 bridgehead atoms. The van der Waals surface area contributed by atoms with Gasteiger partial charge in [-0.2, -0.15) is 5.10 Å².